The van der Waals surface area contributed by atoms with Crippen LogP contribution < -0.4 is 5.73 Å². The van der Waals surface area contributed by atoms with Crippen molar-refractivity contribution in [2.24, 2.45) is 11.1 Å². The van der Waals surface area contributed by atoms with Crippen LogP contribution in [0, 0.1) is 11.2 Å². The van der Waals surface area contributed by atoms with Crippen LogP contribution in [0.1, 0.15) is 37.0 Å². The van der Waals surface area contributed by atoms with Crippen LogP contribution in [0.15, 0.2) is 24.3 Å². The number of thioether (sulfide) groups is 1. The summed E-state index contributed by atoms with van der Waals surface area (Å²) in [6.07, 6.45) is 2.50. The Kier molecular flexibility index (Phi) is 5.27. The number of halogens is 1. The molecule has 2 unspecified atom stereocenters. The van der Waals surface area contributed by atoms with Crippen LogP contribution in [-0.4, -0.2) is 24.9 Å². The van der Waals surface area contributed by atoms with Crippen molar-refractivity contribution in [2.75, 3.05) is 12.9 Å². The minimum Gasteiger partial charge on any atom is -0.469 e. The molecule has 116 valence electrons. The Morgan fingerprint density at radius 2 is 2.14 bits per heavy atom. The smallest absolute Gasteiger partial charge is 0.306 e. The number of esters is 1. The van der Waals surface area contributed by atoms with Crippen molar-refractivity contribution < 1.29 is 13.9 Å². The van der Waals surface area contributed by atoms with Gasteiger partial charge in [-0.3, -0.25) is 4.79 Å². The van der Waals surface area contributed by atoms with Crippen molar-refractivity contribution >= 4 is 17.7 Å². The standard InChI is InChI=1S/C16H22FNO2S/c1-11(18)15(12-5-3-4-6-13(12)17)21-10-16(7-8-16)9-14(19)20-2/h3-6,11,15H,7-10,18H2,1-2H3. The number of nitrogens with two attached hydrogens (primary N) is 1. The van der Waals surface area contributed by atoms with Gasteiger partial charge in [-0.1, -0.05) is 18.2 Å². The average molecular weight is 311 g/mol. The van der Waals surface area contributed by atoms with Gasteiger partial charge in [0.25, 0.3) is 0 Å². The normalized spacial score (nSPS) is 18.9. The molecule has 1 aromatic rings. The Morgan fingerprint density at radius 3 is 2.67 bits per heavy atom. The fraction of sp³-hybridized carbons (Fsp3) is 0.562. The maximum Gasteiger partial charge on any atom is 0.306 e. The summed E-state index contributed by atoms with van der Waals surface area (Å²) in [4.78, 5) is 11.5. The summed E-state index contributed by atoms with van der Waals surface area (Å²) in [5.41, 5.74) is 6.70. The van der Waals surface area contributed by atoms with Gasteiger partial charge in [-0.25, -0.2) is 4.39 Å². The number of hydrogen-bond acceptors (Lipinski definition) is 4. The summed E-state index contributed by atoms with van der Waals surface area (Å²) in [6.45, 7) is 1.89. The highest BCUT2D eigenvalue weighted by atomic mass is 32.2. The van der Waals surface area contributed by atoms with Crippen LogP contribution >= 0.6 is 11.8 Å². The van der Waals surface area contributed by atoms with Gasteiger partial charge < -0.3 is 10.5 Å². The molecule has 0 heterocycles. The molecular formula is C16H22FNO2S. The summed E-state index contributed by atoms with van der Waals surface area (Å²) in [5, 5.41) is -0.0960. The molecule has 21 heavy (non-hydrogen) atoms. The number of carbonyl (C=O) groups is 1. The van der Waals surface area contributed by atoms with E-state index in [1.54, 1.807) is 23.9 Å². The zero-order valence-corrected chi connectivity index (χ0v) is 13.3. The van der Waals surface area contributed by atoms with E-state index >= 15 is 0 Å². The third-order valence-corrected chi connectivity index (χ3v) is 5.78. The second-order valence-corrected chi connectivity index (χ2v) is 7.00. The topological polar surface area (TPSA) is 52.3 Å². The van der Waals surface area contributed by atoms with E-state index in [1.165, 1.54) is 13.2 Å². The third-order valence-electron chi connectivity index (χ3n) is 3.96. The van der Waals surface area contributed by atoms with Crippen molar-refractivity contribution in [1.29, 1.82) is 0 Å². The summed E-state index contributed by atoms with van der Waals surface area (Å²) < 4.78 is 18.7. The second kappa shape index (κ2) is 6.79. The lowest BCUT2D eigenvalue weighted by Crippen LogP contribution is -2.25. The van der Waals surface area contributed by atoms with Crippen LogP contribution in [0.5, 0.6) is 0 Å². The molecule has 1 fully saturated rings. The fourth-order valence-corrected chi connectivity index (χ4v) is 4.02. The largest absolute Gasteiger partial charge is 0.469 e. The molecule has 2 rings (SSSR count). The molecule has 1 aromatic carbocycles. The first-order valence-electron chi connectivity index (χ1n) is 7.16. The van der Waals surface area contributed by atoms with Crippen molar-refractivity contribution in [1.82, 2.24) is 0 Å². The number of ether oxygens (including phenoxy) is 1. The minimum atomic E-state index is -0.217. The first kappa shape index (κ1) is 16.3. The summed E-state index contributed by atoms with van der Waals surface area (Å²) >= 11 is 1.65. The molecule has 2 N–H and O–H groups in total. The fourth-order valence-electron chi connectivity index (χ4n) is 2.42. The van der Waals surface area contributed by atoms with Crippen molar-refractivity contribution in [3.05, 3.63) is 35.6 Å². The van der Waals surface area contributed by atoms with Gasteiger partial charge in [-0.2, -0.15) is 11.8 Å². The molecule has 0 bridgehead atoms. The minimum absolute atomic E-state index is 0.0240. The van der Waals surface area contributed by atoms with E-state index in [4.69, 9.17) is 10.5 Å². The SMILES string of the molecule is COC(=O)CC1(CSC(c2ccccc2F)C(C)N)CC1. The molecule has 2 atom stereocenters. The van der Waals surface area contributed by atoms with E-state index in [0.717, 1.165) is 18.6 Å². The molecule has 0 aliphatic heterocycles. The van der Waals surface area contributed by atoms with Gasteiger partial charge in [0.15, 0.2) is 0 Å². The van der Waals surface area contributed by atoms with Gasteiger partial charge in [-0.05, 0) is 31.2 Å². The Morgan fingerprint density at radius 1 is 1.48 bits per heavy atom. The van der Waals surface area contributed by atoms with Crippen LogP contribution in [-0.2, 0) is 9.53 Å². The monoisotopic (exact) mass is 311 g/mol. The Bertz CT molecular complexity index is 503. The van der Waals surface area contributed by atoms with E-state index in [0.29, 0.717) is 12.0 Å². The first-order valence-corrected chi connectivity index (χ1v) is 8.21. The number of hydrogen-bond donors (Lipinski definition) is 1. The molecule has 0 amide bonds. The summed E-state index contributed by atoms with van der Waals surface area (Å²) in [6, 6.07) is 6.61. The zero-order chi connectivity index (χ0) is 15.5. The zero-order valence-electron chi connectivity index (χ0n) is 12.5. The van der Waals surface area contributed by atoms with Gasteiger partial charge in [-0.15, -0.1) is 0 Å². The quantitative estimate of drug-likeness (QED) is 0.785. The van der Waals surface area contributed by atoms with Crippen LogP contribution in [0.3, 0.4) is 0 Å². The second-order valence-electron chi connectivity index (χ2n) is 5.87. The maximum absolute atomic E-state index is 14.0. The Labute approximate surface area is 129 Å². The Hall–Kier alpha value is -1.07. The van der Waals surface area contributed by atoms with Gasteiger partial charge in [0.2, 0.25) is 0 Å². The molecule has 0 aromatic heterocycles. The predicted molar refractivity (Wildman–Crippen MR) is 83.5 cm³/mol. The molecular weight excluding hydrogens is 289 g/mol. The van der Waals surface area contributed by atoms with Crippen molar-refractivity contribution in [3.63, 3.8) is 0 Å². The van der Waals surface area contributed by atoms with Gasteiger partial charge in [0.05, 0.1) is 13.5 Å². The van der Waals surface area contributed by atoms with Crippen LogP contribution in [0.4, 0.5) is 4.39 Å². The lowest BCUT2D eigenvalue weighted by Gasteiger charge is -2.24. The highest BCUT2D eigenvalue weighted by molar-refractivity contribution is 7.99. The summed E-state index contributed by atoms with van der Waals surface area (Å²) in [5.74, 6) is 0.421. The number of rotatable bonds is 7. The highest BCUT2D eigenvalue weighted by Gasteiger charge is 2.45. The van der Waals surface area contributed by atoms with E-state index in [-0.39, 0.29) is 28.5 Å². The lowest BCUT2D eigenvalue weighted by atomic mass is 10.1. The molecule has 0 radical (unpaired) electrons. The van der Waals surface area contributed by atoms with Crippen molar-refractivity contribution in [3.8, 4) is 0 Å². The number of benzene rings is 1. The molecule has 1 aliphatic rings. The maximum atomic E-state index is 14.0. The molecule has 0 spiro atoms. The van der Waals surface area contributed by atoms with E-state index in [1.807, 2.05) is 13.0 Å². The van der Waals surface area contributed by atoms with Gasteiger partial charge >= 0.3 is 5.97 Å². The Balaban J connectivity index is 2.02. The lowest BCUT2D eigenvalue weighted by molar-refractivity contribution is -0.141. The molecule has 0 saturated heterocycles. The van der Waals surface area contributed by atoms with Gasteiger partial charge in [0, 0.05) is 22.6 Å². The molecule has 5 heteroatoms. The van der Waals surface area contributed by atoms with Crippen LogP contribution in [0.25, 0.3) is 0 Å². The van der Waals surface area contributed by atoms with Crippen LogP contribution in [0.2, 0.25) is 0 Å². The molecule has 3 nitrogen and oxygen atoms in total. The van der Waals surface area contributed by atoms with E-state index in [9.17, 15) is 9.18 Å². The van der Waals surface area contributed by atoms with E-state index < -0.39 is 0 Å². The molecule has 1 saturated carbocycles. The summed E-state index contributed by atoms with van der Waals surface area (Å²) in [7, 11) is 1.41. The number of carbonyl (C=O) groups excluding carboxylic acids is 1. The molecule has 1 aliphatic carbocycles. The third kappa shape index (κ3) is 4.20. The highest BCUT2D eigenvalue weighted by Crippen LogP contribution is 2.53. The first-order chi connectivity index (χ1) is 9.97. The van der Waals surface area contributed by atoms with E-state index in [2.05, 4.69) is 0 Å². The average Bonchev–Trinajstić information content (AvgIpc) is 3.20. The number of methoxy groups -OCH3 is 1. The van der Waals surface area contributed by atoms with Gasteiger partial charge in [0.1, 0.15) is 5.82 Å². The van der Waals surface area contributed by atoms with Crippen molar-refractivity contribution in [2.45, 2.75) is 37.5 Å². The predicted octanol–water partition coefficient (Wildman–Crippen LogP) is 3.29.